The van der Waals surface area contributed by atoms with Crippen LogP contribution in [-0.2, 0) is 6.61 Å². The Morgan fingerprint density at radius 3 is 2.24 bits per heavy atom. The summed E-state index contributed by atoms with van der Waals surface area (Å²) >= 11 is 0. The number of amides is 3. The Morgan fingerprint density at radius 1 is 0.824 bits per heavy atom. The molecule has 3 N–H and O–H groups in total. The van der Waals surface area contributed by atoms with Crippen molar-refractivity contribution in [3.8, 4) is 5.75 Å². The van der Waals surface area contributed by atoms with Crippen molar-refractivity contribution in [2.45, 2.75) is 20.5 Å². The lowest BCUT2D eigenvalue weighted by Gasteiger charge is -2.11. The number of hydrogen-bond acceptors (Lipinski definition) is 5. The van der Waals surface area contributed by atoms with Gasteiger partial charge >= 0.3 is 6.03 Å². The molecule has 34 heavy (non-hydrogen) atoms. The van der Waals surface area contributed by atoms with Gasteiger partial charge in [0.15, 0.2) is 0 Å². The topological polar surface area (TPSA) is 105 Å². The van der Waals surface area contributed by atoms with E-state index in [1.54, 1.807) is 60.7 Å². The zero-order valence-electron chi connectivity index (χ0n) is 18.8. The lowest BCUT2D eigenvalue weighted by atomic mass is 10.2. The number of rotatable bonds is 7. The molecule has 0 fully saturated rings. The van der Waals surface area contributed by atoms with Crippen molar-refractivity contribution in [3.05, 3.63) is 101 Å². The minimum atomic E-state index is -0.377. The SMILES string of the molecule is Cc1noc(C)c1COc1cccc(C(=O)Nc2cccc(NC(=O)Nc3ccccc3)c2)c1. The third-order valence-corrected chi connectivity index (χ3v) is 5.07. The number of hydrogen-bond donors (Lipinski definition) is 3. The summed E-state index contributed by atoms with van der Waals surface area (Å²) < 4.78 is 11.0. The summed E-state index contributed by atoms with van der Waals surface area (Å²) in [6.07, 6.45) is 0. The number of ether oxygens (including phenoxy) is 1. The molecule has 0 aliphatic carbocycles. The van der Waals surface area contributed by atoms with E-state index in [-0.39, 0.29) is 11.9 Å². The summed E-state index contributed by atoms with van der Waals surface area (Å²) in [5.41, 5.74) is 3.87. The van der Waals surface area contributed by atoms with Gasteiger partial charge in [0.2, 0.25) is 0 Å². The minimum absolute atomic E-state index is 0.297. The first-order valence-electron chi connectivity index (χ1n) is 10.7. The molecule has 0 bridgehead atoms. The molecule has 0 saturated carbocycles. The highest BCUT2D eigenvalue weighted by molar-refractivity contribution is 6.05. The van der Waals surface area contributed by atoms with E-state index in [1.165, 1.54) is 0 Å². The molecule has 0 unspecified atom stereocenters. The maximum absolute atomic E-state index is 12.8. The number of anilines is 3. The quantitative estimate of drug-likeness (QED) is 0.328. The van der Waals surface area contributed by atoms with Gasteiger partial charge in [0.1, 0.15) is 18.1 Å². The highest BCUT2D eigenvalue weighted by Gasteiger charge is 2.12. The molecule has 1 aromatic heterocycles. The number of nitrogens with zero attached hydrogens (tertiary/aromatic N) is 1. The second-order valence-electron chi connectivity index (χ2n) is 7.60. The van der Waals surface area contributed by atoms with Crippen LogP contribution in [0.25, 0.3) is 0 Å². The lowest BCUT2D eigenvalue weighted by molar-refractivity contribution is 0.102. The van der Waals surface area contributed by atoms with Crippen molar-refractivity contribution in [1.82, 2.24) is 5.16 Å². The summed E-state index contributed by atoms with van der Waals surface area (Å²) in [5.74, 6) is 0.965. The Bertz CT molecular complexity index is 1280. The van der Waals surface area contributed by atoms with E-state index in [2.05, 4.69) is 21.1 Å². The molecule has 3 amide bonds. The Labute approximate surface area is 196 Å². The molecule has 4 aromatic rings. The standard InChI is InChI=1S/C26H24N4O4/c1-17-24(18(2)34-30-17)16-33-23-13-6-8-19(14-23)25(31)27-21-11-7-12-22(15-21)29-26(32)28-20-9-4-3-5-10-20/h3-15H,16H2,1-2H3,(H,27,31)(H2,28,29,32). The van der Waals surface area contributed by atoms with Gasteiger partial charge in [-0.2, -0.15) is 0 Å². The fourth-order valence-electron chi connectivity index (χ4n) is 3.28. The number of nitrogens with one attached hydrogen (secondary N) is 3. The molecule has 172 valence electrons. The van der Waals surface area contributed by atoms with Gasteiger partial charge in [-0.05, 0) is 62.4 Å². The number of aromatic nitrogens is 1. The number of urea groups is 1. The van der Waals surface area contributed by atoms with Crippen molar-refractivity contribution < 1.29 is 18.8 Å². The summed E-state index contributed by atoms with van der Waals surface area (Å²) in [4.78, 5) is 25.0. The fourth-order valence-corrected chi connectivity index (χ4v) is 3.28. The van der Waals surface area contributed by atoms with Crippen molar-refractivity contribution in [2.75, 3.05) is 16.0 Å². The van der Waals surface area contributed by atoms with E-state index in [4.69, 9.17) is 9.26 Å². The molecule has 4 rings (SSSR count). The molecule has 0 radical (unpaired) electrons. The summed E-state index contributed by atoms with van der Waals surface area (Å²) in [6, 6.07) is 22.6. The first kappa shape index (κ1) is 22.6. The average Bonchev–Trinajstić information content (AvgIpc) is 3.15. The molecule has 0 aliphatic heterocycles. The second kappa shape index (κ2) is 10.4. The Morgan fingerprint density at radius 2 is 1.50 bits per heavy atom. The Kier molecular flexibility index (Phi) is 6.88. The first-order chi connectivity index (χ1) is 16.5. The second-order valence-corrected chi connectivity index (χ2v) is 7.60. The zero-order chi connectivity index (χ0) is 23.9. The van der Waals surface area contributed by atoms with Gasteiger partial charge in [-0.25, -0.2) is 4.79 Å². The number of benzene rings is 3. The maximum Gasteiger partial charge on any atom is 0.323 e. The Balaban J connectivity index is 1.37. The van der Waals surface area contributed by atoms with Crippen LogP contribution >= 0.6 is 0 Å². The molecular weight excluding hydrogens is 432 g/mol. The molecule has 1 heterocycles. The van der Waals surface area contributed by atoms with E-state index < -0.39 is 0 Å². The molecule has 8 heteroatoms. The highest BCUT2D eigenvalue weighted by Crippen LogP contribution is 2.21. The summed E-state index contributed by atoms with van der Waals surface area (Å²) in [5, 5.41) is 12.3. The third kappa shape index (κ3) is 5.80. The van der Waals surface area contributed by atoms with Crippen molar-refractivity contribution in [3.63, 3.8) is 0 Å². The number of para-hydroxylation sites is 1. The highest BCUT2D eigenvalue weighted by atomic mass is 16.5. The van der Waals surface area contributed by atoms with Crippen LogP contribution < -0.4 is 20.7 Å². The van der Waals surface area contributed by atoms with Gasteiger partial charge in [0, 0.05) is 22.6 Å². The van der Waals surface area contributed by atoms with Gasteiger partial charge in [-0.15, -0.1) is 0 Å². The Hall–Kier alpha value is -4.59. The van der Waals surface area contributed by atoms with Crippen molar-refractivity contribution in [1.29, 1.82) is 0 Å². The molecule has 0 aliphatic rings. The van der Waals surface area contributed by atoms with Crippen LogP contribution in [0.5, 0.6) is 5.75 Å². The average molecular weight is 457 g/mol. The van der Waals surface area contributed by atoms with E-state index in [9.17, 15) is 9.59 Å². The molecule has 0 atom stereocenters. The van der Waals surface area contributed by atoms with Gasteiger partial charge in [0.05, 0.1) is 11.3 Å². The largest absolute Gasteiger partial charge is 0.489 e. The molecule has 0 spiro atoms. The lowest BCUT2D eigenvalue weighted by Crippen LogP contribution is -2.19. The van der Waals surface area contributed by atoms with E-state index in [1.807, 2.05) is 32.0 Å². The maximum atomic E-state index is 12.8. The van der Waals surface area contributed by atoms with Crippen molar-refractivity contribution in [2.24, 2.45) is 0 Å². The van der Waals surface area contributed by atoms with Crippen LogP contribution in [0.1, 0.15) is 27.4 Å². The normalized spacial score (nSPS) is 10.4. The van der Waals surface area contributed by atoms with Gasteiger partial charge in [-0.1, -0.05) is 35.5 Å². The van der Waals surface area contributed by atoms with Gasteiger partial charge in [0.25, 0.3) is 5.91 Å². The smallest absolute Gasteiger partial charge is 0.323 e. The van der Waals surface area contributed by atoms with Crippen LogP contribution in [0.15, 0.2) is 83.4 Å². The van der Waals surface area contributed by atoms with Crippen molar-refractivity contribution >= 4 is 29.0 Å². The van der Waals surface area contributed by atoms with Crippen LogP contribution in [0.2, 0.25) is 0 Å². The van der Waals surface area contributed by atoms with Crippen LogP contribution in [-0.4, -0.2) is 17.1 Å². The number of carbonyl (C=O) groups is 2. The zero-order valence-corrected chi connectivity index (χ0v) is 18.8. The van der Waals surface area contributed by atoms with Crippen LogP contribution in [0, 0.1) is 13.8 Å². The predicted molar refractivity (Wildman–Crippen MR) is 130 cm³/mol. The minimum Gasteiger partial charge on any atom is -0.489 e. The van der Waals surface area contributed by atoms with Gasteiger partial charge in [-0.3, -0.25) is 4.79 Å². The van der Waals surface area contributed by atoms with E-state index in [0.717, 1.165) is 11.3 Å². The fraction of sp³-hybridized carbons (Fsp3) is 0.115. The molecule has 8 nitrogen and oxygen atoms in total. The summed E-state index contributed by atoms with van der Waals surface area (Å²) in [7, 11) is 0. The number of aryl methyl sites for hydroxylation is 2. The van der Waals surface area contributed by atoms with E-state index >= 15 is 0 Å². The first-order valence-corrected chi connectivity index (χ1v) is 10.7. The predicted octanol–water partition coefficient (Wildman–Crippen LogP) is 5.77. The number of carbonyl (C=O) groups excluding carboxylic acids is 2. The molecular formula is C26H24N4O4. The third-order valence-electron chi connectivity index (χ3n) is 5.07. The van der Waals surface area contributed by atoms with Crippen LogP contribution in [0.3, 0.4) is 0 Å². The molecule has 0 saturated heterocycles. The van der Waals surface area contributed by atoms with E-state index in [0.29, 0.717) is 40.7 Å². The van der Waals surface area contributed by atoms with Gasteiger partial charge < -0.3 is 25.2 Å². The van der Waals surface area contributed by atoms with Crippen LogP contribution in [0.4, 0.5) is 21.9 Å². The summed E-state index contributed by atoms with van der Waals surface area (Å²) in [6.45, 7) is 3.98. The molecule has 3 aromatic carbocycles. The monoisotopic (exact) mass is 456 g/mol.